The normalized spacial score (nSPS) is 11.2. The highest BCUT2D eigenvalue weighted by atomic mass is 79.9. The number of aryl methyl sites for hydroxylation is 2. The van der Waals surface area contributed by atoms with Crippen molar-refractivity contribution in [1.29, 1.82) is 0 Å². The van der Waals surface area contributed by atoms with Crippen LogP contribution in [0.1, 0.15) is 5.56 Å². The maximum absolute atomic E-state index is 13.1. The van der Waals surface area contributed by atoms with Crippen LogP contribution in [-0.2, 0) is 20.6 Å². The van der Waals surface area contributed by atoms with Crippen LogP contribution in [0.25, 0.3) is 11.2 Å². The number of aromatic nitrogens is 4. The molecule has 2 heterocycles. The average Bonchev–Trinajstić information content (AvgIpc) is 3.03. The quantitative estimate of drug-likeness (QED) is 0.411. The molecule has 0 bridgehead atoms. The van der Waals surface area contributed by atoms with E-state index in [1.165, 1.54) is 9.13 Å². The lowest BCUT2D eigenvalue weighted by molar-refractivity contribution is 0.425. The summed E-state index contributed by atoms with van der Waals surface area (Å²) in [6.45, 7) is 0.182. The molecule has 4 rings (SSSR count). The number of fused-ring (bicyclic) bond motifs is 1. The van der Waals surface area contributed by atoms with E-state index in [4.69, 9.17) is 4.74 Å². The van der Waals surface area contributed by atoms with Gasteiger partial charge in [-0.05, 0) is 39.7 Å². The van der Waals surface area contributed by atoms with Gasteiger partial charge in [-0.3, -0.25) is 18.5 Å². The van der Waals surface area contributed by atoms with Gasteiger partial charge in [0, 0.05) is 18.6 Å². The molecule has 0 aliphatic carbocycles. The summed E-state index contributed by atoms with van der Waals surface area (Å²) in [6, 6.07) is 15.1. The first-order valence-corrected chi connectivity index (χ1v) is 10.3. The summed E-state index contributed by atoms with van der Waals surface area (Å²) in [5.74, 6) is 0.543. The third-order valence-corrected chi connectivity index (χ3v) is 5.71. The zero-order valence-electron chi connectivity index (χ0n) is 15.6. The summed E-state index contributed by atoms with van der Waals surface area (Å²) in [6.07, 6.45) is 0. The van der Waals surface area contributed by atoms with Gasteiger partial charge in [0.05, 0.1) is 11.0 Å². The SMILES string of the molecule is Cn1c(Oc2ccc(Br)cc2Br)nc2c1c(=O)n(Cc1ccccc1)c(=O)n2C. The Morgan fingerprint density at radius 1 is 1.00 bits per heavy atom. The number of ether oxygens (including phenoxy) is 1. The Labute approximate surface area is 182 Å². The standard InChI is InChI=1S/C20H16Br2N4O3/c1-24-16-17(23-19(24)29-15-9-8-13(21)10-14(15)22)25(2)20(28)26(18(16)27)11-12-6-4-3-5-7-12/h3-10H,11H2,1-2H3. The number of hydrogen-bond donors (Lipinski definition) is 0. The van der Waals surface area contributed by atoms with Crippen LogP contribution in [0, 0.1) is 0 Å². The van der Waals surface area contributed by atoms with Gasteiger partial charge in [0.2, 0.25) is 0 Å². The van der Waals surface area contributed by atoms with Crippen molar-refractivity contribution in [2.24, 2.45) is 14.1 Å². The van der Waals surface area contributed by atoms with E-state index in [9.17, 15) is 9.59 Å². The Bertz CT molecular complexity index is 1340. The van der Waals surface area contributed by atoms with Crippen LogP contribution in [0.3, 0.4) is 0 Å². The zero-order valence-corrected chi connectivity index (χ0v) is 18.8. The maximum atomic E-state index is 13.1. The minimum absolute atomic E-state index is 0.182. The van der Waals surface area contributed by atoms with Crippen LogP contribution in [0.5, 0.6) is 11.8 Å². The van der Waals surface area contributed by atoms with Crippen molar-refractivity contribution in [3.63, 3.8) is 0 Å². The second-order valence-corrected chi connectivity index (χ2v) is 8.29. The maximum Gasteiger partial charge on any atom is 0.332 e. The van der Waals surface area contributed by atoms with Crippen molar-refractivity contribution >= 4 is 43.0 Å². The monoisotopic (exact) mass is 518 g/mol. The molecule has 7 nitrogen and oxygen atoms in total. The van der Waals surface area contributed by atoms with Crippen molar-refractivity contribution < 1.29 is 4.74 Å². The molecule has 29 heavy (non-hydrogen) atoms. The van der Waals surface area contributed by atoms with Gasteiger partial charge in [0.25, 0.3) is 5.56 Å². The molecule has 0 radical (unpaired) electrons. The minimum Gasteiger partial charge on any atom is -0.424 e. The molecule has 0 amide bonds. The van der Waals surface area contributed by atoms with Crippen molar-refractivity contribution in [1.82, 2.24) is 18.7 Å². The van der Waals surface area contributed by atoms with E-state index in [1.807, 2.05) is 42.5 Å². The molecule has 2 aromatic carbocycles. The number of imidazole rings is 1. The Kier molecular flexibility index (Phi) is 5.18. The van der Waals surface area contributed by atoms with Gasteiger partial charge in [-0.1, -0.05) is 46.3 Å². The van der Waals surface area contributed by atoms with E-state index in [0.717, 1.165) is 14.5 Å². The van der Waals surface area contributed by atoms with Crippen molar-refractivity contribution in [2.45, 2.75) is 6.54 Å². The molecule has 0 saturated heterocycles. The summed E-state index contributed by atoms with van der Waals surface area (Å²) < 4.78 is 11.7. The molecule has 0 N–H and O–H groups in total. The van der Waals surface area contributed by atoms with Crippen LogP contribution < -0.4 is 16.0 Å². The first-order valence-electron chi connectivity index (χ1n) is 8.70. The molecule has 9 heteroatoms. The Hall–Kier alpha value is -2.65. The summed E-state index contributed by atoms with van der Waals surface area (Å²) in [7, 11) is 3.29. The molecule has 0 aliphatic heterocycles. The van der Waals surface area contributed by atoms with Gasteiger partial charge in [0.1, 0.15) is 5.75 Å². The second-order valence-electron chi connectivity index (χ2n) is 6.52. The predicted octanol–water partition coefficient (Wildman–Crippen LogP) is 3.80. The van der Waals surface area contributed by atoms with Crippen molar-refractivity contribution in [2.75, 3.05) is 0 Å². The van der Waals surface area contributed by atoms with E-state index in [0.29, 0.717) is 11.3 Å². The van der Waals surface area contributed by atoms with E-state index in [1.54, 1.807) is 24.7 Å². The van der Waals surface area contributed by atoms with Crippen LogP contribution in [0.15, 0.2) is 67.1 Å². The van der Waals surface area contributed by atoms with Crippen LogP contribution in [0.2, 0.25) is 0 Å². The molecular formula is C20H16Br2N4O3. The molecule has 0 fully saturated rings. The number of rotatable bonds is 4. The first kappa shape index (κ1) is 19.7. The fourth-order valence-electron chi connectivity index (χ4n) is 3.08. The number of nitrogens with zero attached hydrogens (tertiary/aromatic N) is 4. The van der Waals surface area contributed by atoms with Gasteiger partial charge in [-0.2, -0.15) is 4.98 Å². The third kappa shape index (κ3) is 3.56. The van der Waals surface area contributed by atoms with Crippen LogP contribution >= 0.6 is 31.9 Å². The molecule has 0 unspecified atom stereocenters. The van der Waals surface area contributed by atoms with Gasteiger partial charge in [0.15, 0.2) is 11.2 Å². The minimum atomic E-state index is -0.430. The molecule has 0 saturated carbocycles. The van der Waals surface area contributed by atoms with Gasteiger partial charge in [-0.25, -0.2) is 4.79 Å². The van der Waals surface area contributed by atoms with Crippen molar-refractivity contribution in [3.8, 4) is 11.8 Å². The first-order chi connectivity index (χ1) is 13.9. The Morgan fingerprint density at radius 2 is 1.72 bits per heavy atom. The Morgan fingerprint density at radius 3 is 2.41 bits per heavy atom. The van der Waals surface area contributed by atoms with Gasteiger partial charge < -0.3 is 4.74 Å². The predicted molar refractivity (Wildman–Crippen MR) is 118 cm³/mol. The van der Waals surface area contributed by atoms with Crippen LogP contribution in [0.4, 0.5) is 0 Å². The molecular weight excluding hydrogens is 504 g/mol. The van der Waals surface area contributed by atoms with Gasteiger partial charge >= 0.3 is 11.7 Å². The second kappa shape index (κ2) is 7.64. The third-order valence-electron chi connectivity index (χ3n) is 4.60. The van der Waals surface area contributed by atoms with Gasteiger partial charge in [-0.15, -0.1) is 0 Å². The summed E-state index contributed by atoms with van der Waals surface area (Å²) in [5, 5.41) is 0. The lowest BCUT2D eigenvalue weighted by atomic mass is 10.2. The van der Waals surface area contributed by atoms with E-state index < -0.39 is 11.2 Å². The molecule has 0 aliphatic rings. The van der Waals surface area contributed by atoms with E-state index in [2.05, 4.69) is 36.8 Å². The molecule has 4 aromatic rings. The largest absolute Gasteiger partial charge is 0.424 e. The molecule has 0 spiro atoms. The van der Waals surface area contributed by atoms with E-state index in [-0.39, 0.29) is 18.2 Å². The number of halogens is 2. The van der Waals surface area contributed by atoms with Crippen LogP contribution in [-0.4, -0.2) is 18.7 Å². The fourth-order valence-corrected chi connectivity index (χ4v) is 4.20. The number of benzene rings is 2. The average molecular weight is 520 g/mol. The lowest BCUT2D eigenvalue weighted by Gasteiger charge is -2.09. The molecule has 0 atom stereocenters. The summed E-state index contributed by atoms with van der Waals surface area (Å²) >= 11 is 6.85. The topological polar surface area (TPSA) is 71.1 Å². The van der Waals surface area contributed by atoms with E-state index >= 15 is 0 Å². The summed E-state index contributed by atoms with van der Waals surface area (Å²) in [5.41, 5.74) is 0.595. The zero-order chi connectivity index (χ0) is 20.7. The lowest BCUT2D eigenvalue weighted by Crippen LogP contribution is -2.39. The highest BCUT2D eigenvalue weighted by molar-refractivity contribution is 9.11. The summed E-state index contributed by atoms with van der Waals surface area (Å²) in [4.78, 5) is 30.3. The number of hydrogen-bond acceptors (Lipinski definition) is 4. The molecule has 2 aromatic heterocycles. The fraction of sp³-hybridized carbons (Fsp3) is 0.150. The highest BCUT2D eigenvalue weighted by Gasteiger charge is 2.20. The smallest absolute Gasteiger partial charge is 0.332 e. The van der Waals surface area contributed by atoms with Crippen molar-refractivity contribution in [3.05, 3.63) is 83.9 Å². The Balaban J connectivity index is 1.85. The molecule has 148 valence electrons. The highest BCUT2D eigenvalue weighted by Crippen LogP contribution is 2.32.